The van der Waals surface area contributed by atoms with E-state index in [4.69, 9.17) is 4.98 Å². The fourth-order valence-corrected chi connectivity index (χ4v) is 3.69. The molecule has 3 nitrogen and oxygen atoms in total. The van der Waals surface area contributed by atoms with Gasteiger partial charge in [-0.1, -0.05) is 80.4 Å². The molecule has 0 aliphatic heterocycles. The summed E-state index contributed by atoms with van der Waals surface area (Å²) in [6.45, 7) is 4.82. The van der Waals surface area contributed by atoms with Gasteiger partial charge in [-0.2, -0.15) is 0 Å². The van der Waals surface area contributed by atoms with Crippen LogP contribution < -0.4 is 0 Å². The highest BCUT2D eigenvalue weighted by Crippen LogP contribution is 2.33. The van der Waals surface area contributed by atoms with Gasteiger partial charge < -0.3 is 9.36 Å². The van der Waals surface area contributed by atoms with Gasteiger partial charge in [0.05, 0.1) is 11.4 Å². The van der Waals surface area contributed by atoms with E-state index in [0.29, 0.717) is 12.2 Å². The topological polar surface area (TPSA) is 34.9 Å². The smallest absolute Gasteiger partial charge is 0.129 e. The van der Waals surface area contributed by atoms with Gasteiger partial charge in [-0.05, 0) is 19.8 Å². The van der Waals surface area contributed by atoms with Gasteiger partial charge in [0.15, 0.2) is 0 Å². The second-order valence-electron chi connectivity index (χ2n) is 7.33. The minimum Gasteiger partial charge on any atom is -0.327 e. The molecule has 3 heteroatoms. The fraction of sp³-hybridized carbons (Fsp3) is 0.360. The zero-order valence-electron chi connectivity index (χ0n) is 17.0. The van der Waals surface area contributed by atoms with Crippen molar-refractivity contribution >= 4 is 5.78 Å². The number of Topliss-reactive ketones (excluding diaryl/α,β-unsaturated/α-hetero) is 1. The first-order valence-electron chi connectivity index (χ1n) is 10.4. The number of imidazole rings is 1. The number of ketones is 1. The van der Waals surface area contributed by atoms with Crippen LogP contribution in [0.15, 0.2) is 60.7 Å². The molecule has 0 spiro atoms. The van der Waals surface area contributed by atoms with Gasteiger partial charge in [0.2, 0.25) is 0 Å². The van der Waals surface area contributed by atoms with E-state index in [1.165, 1.54) is 11.3 Å². The number of nitrogens with zero attached hydrogens (tertiary/aromatic N) is 2. The van der Waals surface area contributed by atoms with E-state index in [0.717, 1.165) is 55.7 Å². The molecule has 0 radical (unpaired) electrons. The average Bonchev–Trinajstić information content (AvgIpc) is 3.10. The maximum atomic E-state index is 11.1. The second-order valence-corrected chi connectivity index (χ2v) is 7.33. The molecule has 0 saturated carbocycles. The second kappa shape index (κ2) is 10.0. The lowest BCUT2D eigenvalue weighted by molar-refractivity contribution is -0.117. The first-order chi connectivity index (χ1) is 13.7. The lowest BCUT2D eigenvalue weighted by atomic mass is 10.0. The molecule has 0 saturated heterocycles. The van der Waals surface area contributed by atoms with Gasteiger partial charge in [0, 0.05) is 30.5 Å². The van der Waals surface area contributed by atoms with Crippen molar-refractivity contribution in [3.05, 3.63) is 66.5 Å². The Morgan fingerprint density at radius 3 is 2.07 bits per heavy atom. The van der Waals surface area contributed by atoms with E-state index in [2.05, 4.69) is 66.1 Å². The van der Waals surface area contributed by atoms with Crippen LogP contribution in [0.5, 0.6) is 0 Å². The summed E-state index contributed by atoms with van der Waals surface area (Å²) in [5.41, 5.74) is 4.66. The lowest BCUT2D eigenvalue weighted by Gasteiger charge is -2.13. The van der Waals surface area contributed by atoms with E-state index >= 15 is 0 Å². The number of carbonyl (C=O) groups excluding carboxylic acids is 1. The molecule has 1 aromatic heterocycles. The summed E-state index contributed by atoms with van der Waals surface area (Å²) in [7, 11) is 0. The molecule has 28 heavy (non-hydrogen) atoms. The zero-order valence-corrected chi connectivity index (χ0v) is 17.0. The van der Waals surface area contributed by atoms with Crippen molar-refractivity contribution in [2.45, 2.75) is 58.9 Å². The summed E-state index contributed by atoms with van der Waals surface area (Å²) in [6.07, 6.45) is 5.98. The highest BCUT2D eigenvalue weighted by molar-refractivity contribution is 5.79. The Kier molecular flexibility index (Phi) is 7.18. The maximum Gasteiger partial charge on any atom is 0.129 e. The van der Waals surface area contributed by atoms with E-state index in [-0.39, 0.29) is 0 Å². The predicted octanol–water partition coefficient (Wildman–Crippen LogP) is 6.32. The summed E-state index contributed by atoms with van der Waals surface area (Å²) in [4.78, 5) is 16.1. The van der Waals surface area contributed by atoms with Gasteiger partial charge in [-0.15, -0.1) is 0 Å². The first-order valence-corrected chi connectivity index (χ1v) is 10.4. The van der Waals surface area contributed by atoms with Crippen molar-refractivity contribution in [2.75, 3.05) is 0 Å². The molecule has 146 valence electrons. The first kappa shape index (κ1) is 20.1. The van der Waals surface area contributed by atoms with E-state index in [1.54, 1.807) is 6.92 Å². The van der Waals surface area contributed by atoms with Crippen molar-refractivity contribution < 1.29 is 4.79 Å². The number of benzene rings is 2. The van der Waals surface area contributed by atoms with Crippen LogP contribution in [0.3, 0.4) is 0 Å². The lowest BCUT2D eigenvalue weighted by Crippen LogP contribution is -2.05. The van der Waals surface area contributed by atoms with Crippen molar-refractivity contribution in [1.82, 2.24) is 9.55 Å². The summed E-state index contributed by atoms with van der Waals surface area (Å²) in [6, 6.07) is 21.1. The number of rotatable bonds is 10. The molecule has 0 amide bonds. The van der Waals surface area contributed by atoms with Gasteiger partial charge in [0.25, 0.3) is 0 Å². The number of aromatic nitrogens is 2. The minimum absolute atomic E-state index is 0.293. The van der Waals surface area contributed by atoms with Crippen LogP contribution in [-0.4, -0.2) is 15.3 Å². The molecule has 0 atom stereocenters. The van der Waals surface area contributed by atoms with E-state index in [1.807, 2.05) is 6.07 Å². The number of hydrogen-bond acceptors (Lipinski definition) is 2. The van der Waals surface area contributed by atoms with Gasteiger partial charge in [-0.3, -0.25) is 0 Å². The Hall–Kier alpha value is -2.68. The quantitative estimate of drug-likeness (QED) is 0.389. The van der Waals surface area contributed by atoms with Crippen LogP contribution in [0.2, 0.25) is 0 Å². The van der Waals surface area contributed by atoms with E-state index in [9.17, 15) is 4.79 Å². The van der Waals surface area contributed by atoms with Crippen molar-refractivity contribution in [3.8, 4) is 22.5 Å². The monoisotopic (exact) mass is 374 g/mol. The van der Waals surface area contributed by atoms with Crippen LogP contribution in [0.25, 0.3) is 22.5 Å². The third-order valence-electron chi connectivity index (χ3n) is 5.12. The van der Waals surface area contributed by atoms with Crippen LogP contribution >= 0.6 is 0 Å². The van der Waals surface area contributed by atoms with Crippen LogP contribution in [-0.2, 0) is 17.8 Å². The number of aryl methyl sites for hydroxylation is 1. The largest absolute Gasteiger partial charge is 0.327 e. The molecule has 0 fully saturated rings. The standard InChI is InChI=1S/C25H30N2O/c1-3-23-26-24(21-15-9-6-10-16-21)25(22-17-11-7-12-18-22)27(23)19-13-5-4-8-14-20(2)28/h6-7,9-12,15-18H,3-5,8,13-14,19H2,1-2H3. The summed E-state index contributed by atoms with van der Waals surface area (Å²) < 4.78 is 2.41. The average molecular weight is 375 g/mol. The number of hydrogen-bond donors (Lipinski definition) is 0. The molecule has 3 rings (SSSR count). The number of unbranched alkanes of at least 4 members (excludes halogenated alkanes) is 3. The van der Waals surface area contributed by atoms with Crippen LogP contribution in [0, 0.1) is 0 Å². The molecule has 2 aromatic carbocycles. The summed E-state index contributed by atoms with van der Waals surface area (Å²) in [5, 5.41) is 0. The highest BCUT2D eigenvalue weighted by atomic mass is 16.1. The Balaban J connectivity index is 1.88. The van der Waals surface area contributed by atoms with Gasteiger partial charge >= 0.3 is 0 Å². The molecule has 0 N–H and O–H groups in total. The zero-order chi connectivity index (χ0) is 19.8. The highest BCUT2D eigenvalue weighted by Gasteiger charge is 2.18. The Bertz CT molecular complexity index is 882. The molecular weight excluding hydrogens is 344 g/mol. The molecule has 0 aliphatic rings. The van der Waals surface area contributed by atoms with Crippen molar-refractivity contribution in [3.63, 3.8) is 0 Å². The summed E-state index contributed by atoms with van der Waals surface area (Å²) in [5.74, 6) is 1.43. The number of carbonyl (C=O) groups is 1. The van der Waals surface area contributed by atoms with Crippen LogP contribution in [0.1, 0.15) is 51.8 Å². The van der Waals surface area contributed by atoms with Crippen molar-refractivity contribution in [2.24, 2.45) is 0 Å². The minimum atomic E-state index is 0.293. The van der Waals surface area contributed by atoms with Crippen molar-refractivity contribution in [1.29, 1.82) is 0 Å². The molecule has 0 bridgehead atoms. The molecule has 1 heterocycles. The Morgan fingerprint density at radius 2 is 1.46 bits per heavy atom. The summed E-state index contributed by atoms with van der Waals surface area (Å²) >= 11 is 0. The molecule has 3 aromatic rings. The van der Waals surface area contributed by atoms with E-state index < -0.39 is 0 Å². The van der Waals surface area contributed by atoms with Crippen LogP contribution in [0.4, 0.5) is 0 Å². The van der Waals surface area contributed by atoms with Gasteiger partial charge in [0.1, 0.15) is 11.6 Å². The molecular formula is C25H30N2O. The Morgan fingerprint density at radius 1 is 0.857 bits per heavy atom. The SMILES string of the molecule is CCc1nc(-c2ccccc2)c(-c2ccccc2)n1CCCCCCC(C)=O. The maximum absolute atomic E-state index is 11.1. The molecule has 0 unspecified atom stereocenters. The Labute approximate surface area is 168 Å². The molecule has 0 aliphatic carbocycles. The predicted molar refractivity (Wildman–Crippen MR) is 116 cm³/mol. The van der Waals surface area contributed by atoms with Gasteiger partial charge in [-0.25, -0.2) is 4.98 Å². The fourth-order valence-electron chi connectivity index (χ4n) is 3.69. The third kappa shape index (κ3) is 4.98. The third-order valence-corrected chi connectivity index (χ3v) is 5.12. The normalized spacial score (nSPS) is 10.9.